The van der Waals surface area contributed by atoms with E-state index in [1.807, 2.05) is 0 Å². The molecule has 1 rings (SSSR count). The van der Waals surface area contributed by atoms with Crippen LogP contribution in [0.25, 0.3) is 0 Å². The molecule has 0 spiro atoms. The minimum atomic E-state index is 0.472. The Morgan fingerprint density at radius 2 is 2.27 bits per heavy atom. The quantitative estimate of drug-likeness (QED) is 0.598. The maximum absolute atomic E-state index is 5.92. The maximum Gasteiger partial charge on any atom is 0.00792 e. The van der Waals surface area contributed by atoms with E-state index in [4.69, 9.17) is 5.73 Å². The van der Waals surface area contributed by atoms with Gasteiger partial charge in [0.05, 0.1) is 0 Å². The number of hydrogen-bond donors (Lipinski definition) is 2. The smallest absolute Gasteiger partial charge is 0.00792 e. The standard InChI is InChI=1S/C9H20N2/c1-2-6-11-7-8-4-3-5-9(8)10/h8-9,11H,2-7,10H2,1H3. The average Bonchev–Trinajstić information content (AvgIpc) is 2.37. The molecule has 2 unspecified atom stereocenters. The fraction of sp³-hybridized carbons (Fsp3) is 1.00. The number of rotatable bonds is 4. The molecule has 66 valence electrons. The van der Waals surface area contributed by atoms with Crippen LogP contribution in [0.4, 0.5) is 0 Å². The van der Waals surface area contributed by atoms with Crippen molar-refractivity contribution in [3.05, 3.63) is 0 Å². The van der Waals surface area contributed by atoms with Crippen molar-refractivity contribution in [2.75, 3.05) is 13.1 Å². The van der Waals surface area contributed by atoms with E-state index in [1.54, 1.807) is 0 Å². The average molecular weight is 156 g/mol. The molecule has 2 atom stereocenters. The van der Waals surface area contributed by atoms with Gasteiger partial charge in [-0.15, -0.1) is 0 Å². The zero-order valence-corrected chi connectivity index (χ0v) is 7.47. The molecule has 1 fully saturated rings. The van der Waals surface area contributed by atoms with Crippen molar-refractivity contribution in [2.24, 2.45) is 11.7 Å². The van der Waals surface area contributed by atoms with Gasteiger partial charge in [0, 0.05) is 6.04 Å². The molecule has 0 saturated heterocycles. The first-order chi connectivity index (χ1) is 5.34. The summed E-state index contributed by atoms with van der Waals surface area (Å²) in [5.74, 6) is 0.751. The third-order valence-electron chi connectivity index (χ3n) is 2.55. The molecule has 0 heterocycles. The van der Waals surface area contributed by atoms with Gasteiger partial charge in [-0.3, -0.25) is 0 Å². The second-order valence-corrected chi connectivity index (χ2v) is 3.56. The predicted molar refractivity (Wildman–Crippen MR) is 48.5 cm³/mol. The molecule has 0 amide bonds. The van der Waals surface area contributed by atoms with E-state index in [-0.39, 0.29) is 0 Å². The molecule has 11 heavy (non-hydrogen) atoms. The van der Waals surface area contributed by atoms with Gasteiger partial charge in [-0.1, -0.05) is 13.3 Å². The van der Waals surface area contributed by atoms with Crippen molar-refractivity contribution < 1.29 is 0 Å². The monoisotopic (exact) mass is 156 g/mol. The van der Waals surface area contributed by atoms with E-state index in [2.05, 4.69) is 12.2 Å². The Morgan fingerprint density at radius 3 is 2.82 bits per heavy atom. The van der Waals surface area contributed by atoms with E-state index in [0.29, 0.717) is 6.04 Å². The van der Waals surface area contributed by atoms with Gasteiger partial charge in [-0.05, 0) is 38.3 Å². The highest BCUT2D eigenvalue weighted by molar-refractivity contribution is 4.81. The van der Waals surface area contributed by atoms with Crippen LogP contribution in [-0.4, -0.2) is 19.1 Å². The molecule has 0 aliphatic heterocycles. The lowest BCUT2D eigenvalue weighted by Gasteiger charge is -2.15. The summed E-state index contributed by atoms with van der Waals surface area (Å²) in [5.41, 5.74) is 5.92. The Kier molecular flexibility index (Phi) is 3.87. The first kappa shape index (κ1) is 9.01. The Hall–Kier alpha value is -0.0800. The Balaban J connectivity index is 2.05. The molecular weight excluding hydrogens is 136 g/mol. The van der Waals surface area contributed by atoms with Gasteiger partial charge in [-0.25, -0.2) is 0 Å². The maximum atomic E-state index is 5.92. The van der Waals surface area contributed by atoms with E-state index in [1.165, 1.54) is 25.7 Å². The summed E-state index contributed by atoms with van der Waals surface area (Å²) in [4.78, 5) is 0. The first-order valence-corrected chi connectivity index (χ1v) is 4.81. The summed E-state index contributed by atoms with van der Waals surface area (Å²) in [7, 11) is 0. The predicted octanol–water partition coefficient (Wildman–Crippen LogP) is 1.11. The van der Waals surface area contributed by atoms with Crippen molar-refractivity contribution >= 4 is 0 Å². The lowest BCUT2D eigenvalue weighted by molar-refractivity contribution is 0.443. The summed E-state index contributed by atoms with van der Waals surface area (Å²) in [6, 6.07) is 0.472. The van der Waals surface area contributed by atoms with Gasteiger partial charge in [0.15, 0.2) is 0 Å². The van der Waals surface area contributed by atoms with E-state index >= 15 is 0 Å². The SMILES string of the molecule is CCCNCC1CCCC1N. The highest BCUT2D eigenvalue weighted by atomic mass is 14.9. The third-order valence-corrected chi connectivity index (χ3v) is 2.55. The molecule has 0 aromatic carbocycles. The van der Waals surface area contributed by atoms with Gasteiger partial charge >= 0.3 is 0 Å². The Labute approximate surface area is 69.5 Å². The van der Waals surface area contributed by atoms with E-state index < -0.39 is 0 Å². The van der Waals surface area contributed by atoms with Crippen LogP contribution in [0.5, 0.6) is 0 Å². The van der Waals surface area contributed by atoms with E-state index in [9.17, 15) is 0 Å². The molecule has 2 nitrogen and oxygen atoms in total. The highest BCUT2D eigenvalue weighted by Gasteiger charge is 2.22. The van der Waals surface area contributed by atoms with Crippen molar-refractivity contribution in [3.8, 4) is 0 Å². The van der Waals surface area contributed by atoms with Gasteiger partial charge in [-0.2, -0.15) is 0 Å². The minimum absolute atomic E-state index is 0.472. The fourth-order valence-corrected chi connectivity index (χ4v) is 1.78. The molecule has 1 aliphatic carbocycles. The van der Waals surface area contributed by atoms with Gasteiger partial charge < -0.3 is 11.1 Å². The van der Waals surface area contributed by atoms with Crippen LogP contribution >= 0.6 is 0 Å². The molecule has 1 saturated carbocycles. The van der Waals surface area contributed by atoms with Crippen LogP contribution in [0.15, 0.2) is 0 Å². The summed E-state index contributed by atoms with van der Waals surface area (Å²) in [5, 5.41) is 3.43. The Morgan fingerprint density at radius 1 is 1.45 bits per heavy atom. The zero-order valence-electron chi connectivity index (χ0n) is 7.47. The second-order valence-electron chi connectivity index (χ2n) is 3.56. The molecule has 2 heteroatoms. The Bertz CT molecular complexity index is 104. The number of hydrogen-bond acceptors (Lipinski definition) is 2. The number of nitrogens with one attached hydrogen (secondary N) is 1. The molecular formula is C9H20N2. The van der Waals surface area contributed by atoms with Crippen LogP contribution < -0.4 is 11.1 Å². The second kappa shape index (κ2) is 4.73. The largest absolute Gasteiger partial charge is 0.327 e. The van der Waals surface area contributed by atoms with Crippen LogP contribution in [0.1, 0.15) is 32.6 Å². The lowest BCUT2D eigenvalue weighted by atomic mass is 10.1. The van der Waals surface area contributed by atoms with Crippen molar-refractivity contribution in [1.82, 2.24) is 5.32 Å². The normalized spacial score (nSPS) is 31.1. The van der Waals surface area contributed by atoms with Crippen LogP contribution in [0, 0.1) is 5.92 Å². The van der Waals surface area contributed by atoms with Gasteiger partial charge in [0.2, 0.25) is 0 Å². The lowest BCUT2D eigenvalue weighted by Crippen LogP contribution is -2.33. The highest BCUT2D eigenvalue weighted by Crippen LogP contribution is 2.22. The van der Waals surface area contributed by atoms with Crippen molar-refractivity contribution in [1.29, 1.82) is 0 Å². The summed E-state index contributed by atoms with van der Waals surface area (Å²) >= 11 is 0. The van der Waals surface area contributed by atoms with Gasteiger partial charge in [0.25, 0.3) is 0 Å². The molecule has 0 radical (unpaired) electrons. The molecule has 0 bridgehead atoms. The fourth-order valence-electron chi connectivity index (χ4n) is 1.78. The summed E-state index contributed by atoms with van der Waals surface area (Å²) in [6.07, 6.45) is 5.12. The molecule has 0 aromatic heterocycles. The first-order valence-electron chi connectivity index (χ1n) is 4.81. The van der Waals surface area contributed by atoms with Crippen molar-refractivity contribution in [2.45, 2.75) is 38.6 Å². The summed E-state index contributed by atoms with van der Waals surface area (Å²) < 4.78 is 0. The van der Waals surface area contributed by atoms with Crippen LogP contribution in [0.3, 0.4) is 0 Å². The minimum Gasteiger partial charge on any atom is -0.327 e. The topological polar surface area (TPSA) is 38.0 Å². The third kappa shape index (κ3) is 2.80. The number of nitrogens with two attached hydrogens (primary N) is 1. The van der Waals surface area contributed by atoms with Crippen LogP contribution in [-0.2, 0) is 0 Å². The van der Waals surface area contributed by atoms with E-state index in [0.717, 1.165) is 19.0 Å². The van der Waals surface area contributed by atoms with Crippen molar-refractivity contribution in [3.63, 3.8) is 0 Å². The molecule has 3 N–H and O–H groups in total. The zero-order chi connectivity index (χ0) is 8.10. The molecule has 0 aromatic rings. The summed E-state index contributed by atoms with van der Waals surface area (Å²) in [6.45, 7) is 4.47. The molecule has 1 aliphatic rings. The van der Waals surface area contributed by atoms with Gasteiger partial charge in [0.1, 0.15) is 0 Å². The van der Waals surface area contributed by atoms with Crippen LogP contribution in [0.2, 0.25) is 0 Å².